The third-order valence-corrected chi connectivity index (χ3v) is 2.45. The molecule has 0 aromatic carbocycles. The Bertz CT molecular complexity index is 149. The molecule has 1 nitrogen and oxygen atoms in total. The van der Waals surface area contributed by atoms with E-state index in [1.54, 1.807) is 0 Å². The van der Waals surface area contributed by atoms with E-state index >= 15 is 0 Å². The second-order valence-corrected chi connectivity index (χ2v) is 3.20. The topological polar surface area (TPSA) is 12.0 Å². The summed E-state index contributed by atoms with van der Waals surface area (Å²) in [6.07, 6.45) is 6.61. The average molecular weight is 123 g/mol. The van der Waals surface area contributed by atoms with Gasteiger partial charge in [-0.1, -0.05) is 12.5 Å². The van der Waals surface area contributed by atoms with Crippen LogP contribution < -0.4 is 5.32 Å². The number of hydrogen-bond donors (Lipinski definition) is 1. The first kappa shape index (κ1) is 5.33. The maximum absolute atomic E-state index is 3.48. The molecular formula is C8H13N. The van der Waals surface area contributed by atoms with Crippen LogP contribution in [0, 0.1) is 5.92 Å². The Hall–Kier alpha value is -0.460. The summed E-state index contributed by atoms with van der Waals surface area (Å²) in [6.45, 7) is 2.16. The van der Waals surface area contributed by atoms with Crippen molar-refractivity contribution < 1.29 is 0 Å². The fourth-order valence-electron chi connectivity index (χ4n) is 2.03. The molecule has 0 radical (unpaired) electrons. The minimum Gasteiger partial charge on any atom is -0.385 e. The van der Waals surface area contributed by atoms with Crippen molar-refractivity contribution in [1.29, 1.82) is 0 Å². The lowest BCUT2D eigenvalue weighted by molar-refractivity contribution is 0.548. The summed E-state index contributed by atoms with van der Waals surface area (Å²) in [5, 5.41) is 3.48. The lowest BCUT2D eigenvalue weighted by Gasteiger charge is -2.08. The van der Waals surface area contributed by atoms with Crippen LogP contribution in [0.3, 0.4) is 0 Å². The van der Waals surface area contributed by atoms with Gasteiger partial charge in [-0.25, -0.2) is 0 Å². The molecule has 0 amide bonds. The highest BCUT2D eigenvalue weighted by molar-refractivity contribution is 5.13. The molecule has 1 fully saturated rings. The number of hydrogen-bond acceptors (Lipinski definition) is 1. The van der Waals surface area contributed by atoms with E-state index in [2.05, 4.69) is 18.3 Å². The van der Waals surface area contributed by atoms with Gasteiger partial charge < -0.3 is 5.32 Å². The van der Waals surface area contributed by atoms with Crippen LogP contribution in [0.4, 0.5) is 0 Å². The van der Waals surface area contributed by atoms with Gasteiger partial charge in [-0.05, 0) is 25.7 Å². The van der Waals surface area contributed by atoms with E-state index in [4.69, 9.17) is 0 Å². The van der Waals surface area contributed by atoms with E-state index in [-0.39, 0.29) is 0 Å². The van der Waals surface area contributed by atoms with Crippen molar-refractivity contribution in [2.75, 3.05) is 0 Å². The van der Waals surface area contributed by atoms with Gasteiger partial charge in [-0.3, -0.25) is 0 Å². The van der Waals surface area contributed by atoms with Crippen molar-refractivity contribution in [2.45, 2.75) is 32.2 Å². The average Bonchev–Trinajstić information content (AvgIpc) is 2.22. The molecule has 1 saturated carbocycles. The molecule has 0 spiro atoms. The van der Waals surface area contributed by atoms with Crippen LogP contribution in [0.25, 0.3) is 0 Å². The molecule has 0 aromatic rings. The first-order chi connectivity index (χ1) is 4.36. The molecule has 0 bridgehead atoms. The molecule has 2 atom stereocenters. The van der Waals surface area contributed by atoms with Gasteiger partial charge in [0.15, 0.2) is 0 Å². The minimum absolute atomic E-state index is 0.810. The lowest BCUT2D eigenvalue weighted by atomic mass is 10.1. The maximum Gasteiger partial charge on any atom is 0.0321 e. The van der Waals surface area contributed by atoms with E-state index in [1.165, 1.54) is 25.0 Å². The Morgan fingerprint density at radius 3 is 3.22 bits per heavy atom. The van der Waals surface area contributed by atoms with Crippen molar-refractivity contribution in [2.24, 2.45) is 5.92 Å². The highest BCUT2D eigenvalue weighted by Crippen LogP contribution is 2.31. The summed E-state index contributed by atoms with van der Waals surface area (Å²) in [5.74, 6) is 0.880. The standard InChI is InChI=1S/C8H13N/c1-6-5-7-3-2-4-8(7)9-6/h5,7-9H,2-4H2,1H3/t7-,8-/m1/s1. The third-order valence-electron chi connectivity index (χ3n) is 2.45. The maximum atomic E-state index is 3.48. The molecule has 1 N–H and O–H groups in total. The summed E-state index contributed by atoms with van der Waals surface area (Å²) in [7, 11) is 0. The molecule has 2 rings (SSSR count). The second kappa shape index (κ2) is 1.76. The van der Waals surface area contributed by atoms with Gasteiger partial charge in [0.2, 0.25) is 0 Å². The van der Waals surface area contributed by atoms with E-state index in [1.807, 2.05) is 0 Å². The lowest BCUT2D eigenvalue weighted by Crippen LogP contribution is -2.22. The quantitative estimate of drug-likeness (QED) is 0.516. The van der Waals surface area contributed by atoms with Gasteiger partial charge in [0.05, 0.1) is 0 Å². The molecular weight excluding hydrogens is 110 g/mol. The van der Waals surface area contributed by atoms with E-state index in [0.717, 1.165) is 12.0 Å². The molecule has 0 saturated heterocycles. The molecule has 2 aliphatic rings. The molecule has 9 heavy (non-hydrogen) atoms. The van der Waals surface area contributed by atoms with Gasteiger partial charge in [-0.2, -0.15) is 0 Å². The van der Waals surface area contributed by atoms with E-state index < -0.39 is 0 Å². The predicted molar refractivity (Wildman–Crippen MR) is 38.0 cm³/mol. The van der Waals surface area contributed by atoms with Crippen molar-refractivity contribution in [3.8, 4) is 0 Å². The zero-order chi connectivity index (χ0) is 6.27. The Labute approximate surface area is 56.1 Å². The number of allylic oxidation sites excluding steroid dienone is 1. The van der Waals surface area contributed by atoms with Gasteiger partial charge in [-0.15, -0.1) is 0 Å². The van der Waals surface area contributed by atoms with Crippen LogP contribution in [0.1, 0.15) is 26.2 Å². The first-order valence-electron chi connectivity index (χ1n) is 3.81. The van der Waals surface area contributed by atoms with Crippen molar-refractivity contribution in [1.82, 2.24) is 5.32 Å². The SMILES string of the molecule is CC1=C[C@H]2CCC[C@H]2N1. The number of rotatable bonds is 0. The zero-order valence-corrected chi connectivity index (χ0v) is 5.85. The summed E-state index contributed by atoms with van der Waals surface area (Å²) >= 11 is 0. The van der Waals surface area contributed by atoms with Crippen LogP contribution in [0.5, 0.6) is 0 Å². The minimum atomic E-state index is 0.810. The molecule has 1 heterocycles. The van der Waals surface area contributed by atoms with E-state index in [0.29, 0.717) is 0 Å². The highest BCUT2D eigenvalue weighted by Gasteiger charge is 2.29. The largest absolute Gasteiger partial charge is 0.385 e. The summed E-state index contributed by atoms with van der Waals surface area (Å²) in [6, 6.07) is 0.810. The highest BCUT2D eigenvalue weighted by atomic mass is 15.0. The van der Waals surface area contributed by atoms with Gasteiger partial charge in [0, 0.05) is 11.7 Å². The number of nitrogens with one attached hydrogen (secondary N) is 1. The van der Waals surface area contributed by atoms with Crippen molar-refractivity contribution >= 4 is 0 Å². The van der Waals surface area contributed by atoms with Gasteiger partial charge in [0.1, 0.15) is 0 Å². The Morgan fingerprint density at radius 2 is 2.44 bits per heavy atom. The smallest absolute Gasteiger partial charge is 0.0321 e. The van der Waals surface area contributed by atoms with Crippen LogP contribution in [0.15, 0.2) is 11.8 Å². The van der Waals surface area contributed by atoms with Crippen LogP contribution in [0.2, 0.25) is 0 Å². The summed E-state index contributed by atoms with van der Waals surface area (Å²) in [5.41, 5.74) is 1.39. The van der Waals surface area contributed by atoms with Crippen molar-refractivity contribution in [3.05, 3.63) is 11.8 Å². The fraction of sp³-hybridized carbons (Fsp3) is 0.750. The Kier molecular flexibility index (Phi) is 1.04. The molecule has 50 valence electrons. The van der Waals surface area contributed by atoms with Crippen LogP contribution >= 0.6 is 0 Å². The predicted octanol–water partition coefficient (Wildman–Crippen LogP) is 1.66. The summed E-state index contributed by atoms with van der Waals surface area (Å²) < 4.78 is 0. The van der Waals surface area contributed by atoms with Gasteiger partial charge in [0.25, 0.3) is 0 Å². The normalized spacial score (nSPS) is 39.9. The molecule has 1 heteroatoms. The van der Waals surface area contributed by atoms with Crippen LogP contribution in [-0.4, -0.2) is 6.04 Å². The van der Waals surface area contributed by atoms with Crippen molar-refractivity contribution in [3.63, 3.8) is 0 Å². The van der Waals surface area contributed by atoms with E-state index in [9.17, 15) is 0 Å². The fourth-order valence-corrected chi connectivity index (χ4v) is 2.03. The molecule has 1 aliphatic heterocycles. The molecule has 0 aromatic heterocycles. The first-order valence-corrected chi connectivity index (χ1v) is 3.81. The molecule has 1 aliphatic carbocycles. The molecule has 0 unspecified atom stereocenters. The monoisotopic (exact) mass is 123 g/mol. The Morgan fingerprint density at radius 1 is 1.56 bits per heavy atom. The third kappa shape index (κ3) is 0.752. The van der Waals surface area contributed by atoms with Crippen LogP contribution in [-0.2, 0) is 0 Å². The Balaban J connectivity index is 2.13. The second-order valence-electron chi connectivity index (χ2n) is 3.20. The van der Waals surface area contributed by atoms with Gasteiger partial charge >= 0.3 is 0 Å². The number of fused-ring (bicyclic) bond motifs is 1. The zero-order valence-electron chi connectivity index (χ0n) is 5.85. The summed E-state index contributed by atoms with van der Waals surface area (Å²) in [4.78, 5) is 0.